The van der Waals surface area contributed by atoms with Gasteiger partial charge in [0.05, 0.1) is 22.5 Å². The number of aromatic nitrogens is 4. The lowest BCUT2D eigenvalue weighted by atomic mass is 10.2. The van der Waals surface area contributed by atoms with Gasteiger partial charge in [0.2, 0.25) is 5.91 Å². The number of carbonyl (C=O) groups excluding carboxylic acids is 1. The molecule has 29 heavy (non-hydrogen) atoms. The van der Waals surface area contributed by atoms with Crippen molar-refractivity contribution >= 4 is 34.4 Å². The standard InChI is InChI=1S/C21H18FN5OS/c1-13-8-9-15(10-18(13)22)26-20(28)14(2)29-21-17-11-25-27(19(17)23-12-24-21)16-6-4-3-5-7-16/h3-12,14H,1-2H3,(H,26,28). The van der Waals surface area contributed by atoms with E-state index >= 15 is 0 Å². The maximum atomic E-state index is 13.7. The van der Waals surface area contributed by atoms with Crippen LogP contribution in [0.1, 0.15) is 12.5 Å². The Morgan fingerprint density at radius 2 is 1.97 bits per heavy atom. The third kappa shape index (κ3) is 3.97. The topological polar surface area (TPSA) is 72.7 Å². The average Bonchev–Trinajstić information content (AvgIpc) is 3.16. The lowest BCUT2D eigenvalue weighted by molar-refractivity contribution is -0.115. The normalized spacial score (nSPS) is 12.1. The Kier molecular flexibility index (Phi) is 5.26. The molecule has 0 aliphatic heterocycles. The number of nitrogens with one attached hydrogen (secondary N) is 1. The van der Waals surface area contributed by atoms with Crippen molar-refractivity contribution < 1.29 is 9.18 Å². The van der Waals surface area contributed by atoms with Gasteiger partial charge in [-0.25, -0.2) is 19.0 Å². The molecule has 0 spiro atoms. The minimum absolute atomic E-state index is 0.236. The fraction of sp³-hybridized carbons (Fsp3) is 0.143. The maximum Gasteiger partial charge on any atom is 0.237 e. The molecule has 0 saturated heterocycles. The summed E-state index contributed by atoms with van der Waals surface area (Å²) in [5.41, 5.74) is 2.52. The minimum atomic E-state index is -0.447. The van der Waals surface area contributed by atoms with Gasteiger partial charge in [0.1, 0.15) is 17.2 Å². The van der Waals surface area contributed by atoms with Crippen LogP contribution in [-0.2, 0) is 4.79 Å². The number of para-hydroxylation sites is 1. The van der Waals surface area contributed by atoms with Crippen LogP contribution >= 0.6 is 11.8 Å². The molecule has 0 aliphatic carbocycles. The first-order valence-electron chi connectivity index (χ1n) is 9.01. The molecule has 2 heterocycles. The van der Waals surface area contributed by atoms with Gasteiger partial charge in [0.15, 0.2) is 5.65 Å². The second-order valence-electron chi connectivity index (χ2n) is 6.52. The van der Waals surface area contributed by atoms with Crippen molar-refractivity contribution in [2.45, 2.75) is 24.1 Å². The highest BCUT2D eigenvalue weighted by molar-refractivity contribution is 8.00. The van der Waals surface area contributed by atoms with E-state index in [2.05, 4.69) is 20.4 Å². The van der Waals surface area contributed by atoms with Crippen molar-refractivity contribution in [3.8, 4) is 5.69 Å². The third-order valence-electron chi connectivity index (χ3n) is 4.43. The Balaban J connectivity index is 1.55. The summed E-state index contributed by atoms with van der Waals surface area (Å²) in [6.07, 6.45) is 3.16. The van der Waals surface area contributed by atoms with E-state index in [4.69, 9.17) is 0 Å². The summed E-state index contributed by atoms with van der Waals surface area (Å²) < 4.78 is 15.4. The van der Waals surface area contributed by atoms with Crippen LogP contribution in [0.2, 0.25) is 0 Å². The molecular formula is C21H18FN5OS. The van der Waals surface area contributed by atoms with Crippen molar-refractivity contribution in [2.24, 2.45) is 0 Å². The number of halogens is 1. The predicted octanol–water partition coefficient (Wildman–Crippen LogP) is 4.38. The molecular weight excluding hydrogens is 389 g/mol. The van der Waals surface area contributed by atoms with Gasteiger partial charge in [-0.15, -0.1) is 0 Å². The summed E-state index contributed by atoms with van der Waals surface area (Å²) in [5.74, 6) is -0.589. The van der Waals surface area contributed by atoms with Gasteiger partial charge in [-0.1, -0.05) is 36.0 Å². The number of rotatable bonds is 5. The highest BCUT2D eigenvalue weighted by Gasteiger charge is 2.19. The van der Waals surface area contributed by atoms with Gasteiger partial charge in [-0.2, -0.15) is 5.10 Å². The van der Waals surface area contributed by atoms with Crippen LogP contribution in [0, 0.1) is 12.7 Å². The number of fused-ring (bicyclic) bond motifs is 1. The Morgan fingerprint density at radius 1 is 1.17 bits per heavy atom. The van der Waals surface area contributed by atoms with Gasteiger partial charge in [0, 0.05) is 5.69 Å². The molecule has 2 aromatic carbocycles. The maximum absolute atomic E-state index is 13.7. The molecule has 1 unspecified atom stereocenters. The SMILES string of the molecule is Cc1ccc(NC(=O)C(C)Sc2ncnc3c2cnn3-c2ccccc2)cc1F. The molecule has 0 bridgehead atoms. The quantitative estimate of drug-likeness (QED) is 0.393. The zero-order valence-electron chi connectivity index (χ0n) is 15.8. The molecule has 6 nitrogen and oxygen atoms in total. The fourth-order valence-corrected chi connectivity index (χ4v) is 3.69. The number of aryl methyl sites for hydroxylation is 1. The number of carbonyl (C=O) groups is 1. The minimum Gasteiger partial charge on any atom is -0.325 e. The predicted molar refractivity (Wildman–Crippen MR) is 112 cm³/mol. The number of amides is 1. The number of hydrogen-bond acceptors (Lipinski definition) is 5. The first-order valence-corrected chi connectivity index (χ1v) is 9.89. The van der Waals surface area contributed by atoms with Crippen LogP contribution in [0.25, 0.3) is 16.7 Å². The van der Waals surface area contributed by atoms with Gasteiger partial charge < -0.3 is 5.32 Å². The second kappa shape index (κ2) is 8.00. The lowest BCUT2D eigenvalue weighted by Crippen LogP contribution is -2.22. The second-order valence-corrected chi connectivity index (χ2v) is 7.85. The molecule has 0 fully saturated rings. The highest BCUT2D eigenvalue weighted by Crippen LogP contribution is 2.29. The molecule has 4 aromatic rings. The Labute approximate surface area is 171 Å². The fourth-order valence-electron chi connectivity index (χ4n) is 2.81. The van der Waals surface area contributed by atoms with E-state index in [0.717, 1.165) is 11.1 Å². The number of nitrogens with zero attached hydrogens (tertiary/aromatic N) is 4. The smallest absolute Gasteiger partial charge is 0.237 e. The number of hydrogen-bond donors (Lipinski definition) is 1. The van der Waals surface area contributed by atoms with E-state index in [1.54, 1.807) is 36.9 Å². The molecule has 1 amide bonds. The monoisotopic (exact) mass is 407 g/mol. The van der Waals surface area contributed by atoms with Gasteiger partial charge in [-0.3, -0.25) is 4.79 Å². The van der Waals surface area contributed by atoms with Crippen molar-refractivity contribution in [1.29, 1.82) is 0 Å². The zero-order valence-corrected chi connectivity index (χ0v) is 16.7. The summed E-state index contributed by atoms with van der Waals surface area (Å²) in [6, 6.07) is 14.3. The highest BCUT2D eigenvalue weighted by atomic mass is 32.2. The van der Waals surface area contributed by atoms with Crippen LogP contribution in [0.15, 0.2) is 66.1 Å². The number of anilines is 1. The summed E-state index contributed by atoms with van der Waals surface area (Å²) >= 11 is 1.31. The van der Waals surface area contributed by atoms with Crippen molar-refractivity contribution in [3.63, 3.8) is 0 Å². The van der Waals surface area contributed by atoms with Crippen molar-refractivity contribution in [3.05, 3.63) is 72.4 Å². The van der Waals surface area contributed by atoms with Crippen LogP contribution < -0.4 is 5.32 Å². The first-order chi connectivity index (χ1) is 14.0. The Morgan fingerprint density at radius 3 is 2.72 bits per heavy atom. The molecule has 1 atom stereocenters. The van der Waals surface area contributed by atoms with E-state index < -0.39 is 5.25 Å². The average molecular weight is 407 g/mol. The Hall–Kier alpha value is -3.26. The number of benzene rings is 2. The molecule has 0 saturated carbocycles. The summed E-state index contributed by atoms with van der Waals surface area (Å²) in [5, 5.41) is 8.15. The van der Waals surface area contributed by atoms with Crippen molar-refractivity contribution in [2.75, 3.05) is 5.32 Å². The molecule has 8 heteroatoms. The molecule has 146 valence electrons. The van der Waals surface area contributed by atoms with E-state index in [1.807, 2.05) is 30.3 Å². The zero-order chi connectivity index (χ0) is 20.4. The lowest BCUT2D eigenvalue weighted by Gasteiger charge is -2.12. The third-order valence-corrected chi connectivity index (χ3v) is 5.54. The molecule has 2 aromatic heterocycles. The van der Waals surface area contributed by atoms with E-state index in [1.165, 1.54) is 24.2 Å². The van der Waals surface area contributed by atoms with Crippen LogP contribution in [-0.4, -0.2) is 30.9 Å². The first kappa shape index (κ1) is 19.1. The van der Waals surface area contributed by atoms with Gasteiger partial charge in [0.25, 0.3) is 0 Å². The summed E-state index contributed by atoms with van der Waals surface area (Å²) in [6.45, 7) is 3.45. The van der Waals surface area contributed by atoms with E-state index in [0.29, 0.717) is 21.9 Å². The van der Waals surface area contributed by atoms with E-state index in [9.17, 15) is 9.18 Å². The molecule has 1 N–H and O–H groups in total. The van der Waals surface area contributed by atoms with Crippen LogP contribution in [0.5, 0.6) is 0 Å². The van der Waals surface area contributed by atoms with Crippen LogP contribution in [0.3, 0.4) is 0 Å². The van der Waals surface area contributed by atoms with E-state index in [-0.39, 0.29) is 11.7 Å². The number of thioether (sulfide) groups is 1. The van der Waals surface area contributed by atoms with Crippen molar-refractivity contribution in [1.82, 2.24) is 19.7 Å². The molecule has 4 rings (SSSR count). The largest absolute Gasteiger partial charge is 0.325 e. The Bertz CT molecular complexity index is 1180. The van der Waals surface area contributed by atoms with Gasteiger partial charge >= 0.3 is 0 Å². The molecule has 0 aliphatic rings. The van der Waals surface area contributed by atoms with Crippen LogP contribution in [0.4, 0.5) is 10.1 Å². The summed E-state index contributed by atoms with van der Waals surface area (Å²) in [7, 11) is 0. The summed E-state index contributed by atoms with van der Waals surface area (Å²) in [4.78, 5) is 21.2. The molecule has 0 radical (unpaired) electrons. The van der Waals surface area contributed by atoms with Gasteiger partial charge in [-0.05, 0) is 43.7 Å².